The van der Waals surface area contributed by atoms with Gasteiger partial charge in [0.1, 0.15) is 0 Å². The van der Waals surface area contributed by atoms with Gasteiger partial charge in [-0.25, -0.2) is 5.43 Å². The molecule has 0 bridgehead atoms. The largest absolute Gasteiger partial charge is 0.343 e. The van der Waals surface area contributed by atoms with Gasteiger partial charge in [0.15, 0.2) is 5.78 Å². The fraction of sp³-hybridized carbons (Fsp3) is 0.857. The van der Waals surface area contributed by atoms with E-state index < -0.39 is 11.5 Å². The fourth-order valence-corrected chi connectivity index (χ4v) is 2.30. The molecule has 0 aromatic heterocycles. The Balaban J connectivity index is 2.66. The molecule has 0 saturated carbocycles. The molecule has 2 N–H and O–H groups in total. The molecule has 5 heteroatoms. The fourth-order valence-electron chi connectivity index (χ4n) is 2.30. The predicted molar refractivity (Wildman–Crippen MR) is 75.5 cm³/mol. The van der Waals surface area contributed by atoms with Crippen LogP contribution in [0.4, 0.5) is 0 Å². The Bertz CT molecular complexity index is 323. The van der Waals surface area contributed by atoms with E-state index in [1.807, 2.05) is 25.7 Å². The molecule has 0 aliphatic carbocycles. The average Bonchev–Trinajstić information content (AvgIpc) is 2.91. The van der Waals surface area contributed by atoms with Crippen LogP contribution in [0, 0.1) is 5.41 Å². The van der Waals surface area contributed by atoms with E-state index in [-0.39, 0.29) is 18.1 Å². The van der Waals surface area contributed by atoms with E-state index in [0.717, 1.165) is 32.4 Å². The predicted octanol–water partition coefficient (Wildman–Crippen LogP) is 1.10. The van der Waals surface area contributed by atoms with E-state index in [9.17, 15) is 9.59 Å². The molecule has 0 spiro atoms. The Hall–Kier alpha value is -0.940. The Labute approximate surface area is 116 Å². The van der Waals surface area contributed by atoms with Crippen molar-refractivity contribution in [2.45, 2.75) is 52.5 Å². The molecule has 1 amide bonds. The van der Waals surface area contributed by atoms with Crippen LogP contribution >= 0.6 is 0 Å². The number of rotatable bonds is 7. The van der Waals surface area contributed by atoms with E-state index in [2.05, 4.69) is 10.9 Å². The van der Waals surface area contributed by atoms with Gasteiger partial charge < -0.3 is 4.90 Å². The number of ketones is 1. The smallest absolute Gasteiger partial charge is 0.224 e. The average molecular weight is 269 g/mol. The molecule has 1 rings (SSSR count). The standard InChI is InChI=1S/C14H27N3O2/c1-5-14(2,3)13(19)11(16-15-4)10-12(18)17-8-6-7-9-17/h11,15-16H,5-10H2,1-4H3. The molecule has 1 aliphatic rings. The molecular weight excluding hydrogens is 242 g/mol. The highest BCUT2D eigenvalue weighted by Crippen LogP contribution is 2.24. The Morgan fingerprint density at radius 2 is 1.84 bits per heavy atom. The van der Waals surface area contributed by atoms with Crippen molar-refractivity contribution in [3.63, 3.8) is 0 Å². The quantitative estimate of drug-likeness (QED) is 0.679. The van der Waals surface area contributed by atoms with Crippen LogP contribution in [0.3, 0.4) is 0 Å². The van der Waals surface area contributed by atoms with Gasteiger partial charge in [-0.15, -0.1) is 0 Å². The first-order valence-corrected chi connectivity index (χ1v) is 7.16. The summed E-state index contributed by atoms with van der Waals surface area (Å²) in [6.07, 6.45) is 3.16. The van der Waals surface area contributed by atoms with Crippen molar-refractivity contribution >= 4 is 11.7 Å². The van der Waals surface area contributed by atoms with Crippen molar-refractivity contribution < 1.29 is 9.59 Å². The minimum atomic E-state index is -0.451. The Morgan fingerprint density at radius 3 is 2.32 bits per heavy atom. The molecule has 1 saturated heterocycles. The molecular formula is C14H27N3O2. The molecule has 0 aromatic carbocycles. The summed E-state index contributed by atoms with van der Waals surface area (Å²) in [4.78, 5) is 26.5. The summed E-state index contributed by atoms with van der Waals surface area (Å²) in [5, 5.41) is 0. The molecule has 110 valence electrons. The number of hydrazine groups is 1. The zero-order valence-electron chi connectivity index (χ0n) is 12.6. The number of carbonyl (C=O) groups excluding carboxylic acids is 2. The van der Waals surface area contributed by atoms with Crippen LogP contribution in [0.2, 0.25) is 0 Å². The van der Waals surface area contributed by atoms with Gasteiger partial charge in [-0.05, 0) is 26.3 Å². The Morgan fingerprint density at radius 1 is 1.26 bits per heavy atom. The van der Waals surface area contributed by atoms with Crippen molar-refractivity contribution in [2.24, 2.45) is 5.41 Å². The molecule has 0 aromatic rings. The maximum atomic E-state index is 12.5. The topological polar surface area (TPSA) is 61.4 Å². The zero-order valence-corrected chi connectivity index (χ0v) is 12.6. The molecule has 5 nitrogen and oxygen atoms in total. The summed E-state index contributed by atoms with van der Waals surface area (Å²) in [5.41, 5.74) is 5.33. The highest BCUT2D eigenvalue weighted by molar-refractivity contribution is 5.93. The van der Waals surface area contributed by atoms with Gasteiger partial charge >= 0.3 is 0 Å². The van der Waals surface area contributed by atoms with E-state index in [1.165, 1.54) is 0 Å². The van der Waals surface area contributed by atoms with Gasteiger partial charge in [-0.3, -0.25) is 15.0 Å². The van der Waals surface area contributed by atoms with E-state index in [1.54, 1.807) is 7.05 Å². The first-order chi connectivity index (χ1) is 8.92. The van der Waals surface area contributed by atoms with Crippen LogP contribution in [-0.2, 0) is 9.59 Å². The third-order valence-electron chi connectivity index (χ3n) is 4.02. The first-order valence-electron chi connectivity index (χ1n) is 7.16. The summed E-state index contributed by atoms with van der Waals surface area (Å²) >= 11 is 0. The molecule has 1 fully saturated rings. The second-order valence-corrected chi connectivity index (χ2v) is 5.84. The first kappa shape index (κ1) is 16.1. The summed E-state index contributed by atoms with van der Waals surface area (Å²) in [6.45, 7) is 7.52. The summed E-state index contributed by atoms with van der Waals surface area (Å²) in [7, 11) is 1.72. The maximum Gasteiger partial charge on any atom is 0.224 e. The lowest BCUT2D eigenvalue weighted by Gasteiger charge is -2.28. The van der Waals surface area contributed by atoms with Gasteiger partial charge in [0, 0.05) is 18.5 Å². The number of likely N-dealkylation sites (tertiary alicyclic amines) is 1. The zero-order chi connectivity index (χ0) is 14.5. The van der Waals surface area contributed by atoms with Crippen LogP contribution in [0.5, 0.6) is 0 Å². The van der Waals surface area contributed by atoms with E-state index in [4.69, 9.17) is 0 Å². The lowest BCUT2D eigenvalue weighted by molar-refractivity contribution is -0.136. The second kappa shape index (κ2) is 7.01. The summed E-state index contributed by atoms with van der Waals surface area (Å²) < 4.78 is 0. The minimum absolute atomic E-state index is 0.0745. The highest BCUT2D eigenvalue weighted by atomic mass is 16.2. The van der Waals surface area contributed by atoms with Crippen molar-refractivity contribution in [3.05, 3.63) is 0 Å². The maximum absolute atomic E-state index is 12.5. The number of nitrogens with zero attached hydrogens (tertiary/aromatic N) is 1. The third kappa shape index (κ3) is 4.28. The van der Waals surface area contributed by atoms with Gasteiger partial charge in [0.2, 0.25) is 5.91 Å². The number of carbonyl (C=O) groups is 2. The number of hydrogen-bond acceptors (Lipinski definition) is 4. The summed E-state index contributed by atoms with van der Waals surface area (Å²) in [5.74, 6) is 0.169. The van der Waals surface area contributed by atoms with Crippen molar-refractivity contribution in [2.75, 3.05) is 20.1 Å². The van der Waals surface area contributed by atoms with Crippen LogP contribution in [0.25, 0.3) is 0 Å². The van der Waals surface area contributed by atoms with Crippen LogP contribution < -0.4 is 10.9 Å². The molecule has 1 heterocycles. The van der Waals surface area contributed by atoms with Crippen LogP contribution in [0.15, 0.2) is 0 Å². The van der Waals surface area contributed by atoms with E-state index in [0.29, 0.717) is 0 Å². The molecule has 19 heavy (non-hydrogen) atoms. The molecule has 0 radical (unpaired) electrons. The van der Waals surface area contributed by atoms with Gasteiger partial charge in [-0.2, -0.15) is 0 Å². The number of hydrogen-bond donors (Lipinski definition) is 2. The van der Waals surface area contributed by atoms with Crippen molar-refractivity contribution in [1.29, 1.82) is 0 Å². The van der Waals surface area contributed by atoms with E-state index >= 15 is 0 Å². The summed E-state index contributed by atoms with van der Waals surface area (Å²) in [6, 6.07) is -0.451. The lowest BCUT2D eigenvalue weighted by Crippen LogP contribution is -2.50. The third-order valence-corrected chi connectivity index (χ3v) is 4.02. The molecule has 1 unspecified atom stereocenters. The van der Waals surface area contributed by atoms with Crippen LogP contribution in [0.1, 0.15) is 46.5 Å². The number of Topliss-reactive ketones (excluding diaryl/α,β-unsaturated/α-hetero) is 1. The number of nitrogens with one attached hydrogen (secondary N) is 2. The second-order valence-electron chi connectivity index (χ2n) is 5.84. The van der Waals surface area contributed by atoms with Crippen molar-refractivity contribution in [1.82, 2.24) is 15.8 Å². The van der Waals surface area contributed by atoms with Gasteiger partial charge in [0.25, 0.3) is 0 Å². The highest BCUT2D eigenvalue weighted by Gasteiger charge is 2.34. The molecule has 1 atom stereocenters. The number of amides is 1. The molecule has 1 aliphatic heterocycles. The lowest BCUT2D eigenvalue weighted by atomic mass is 9.81. The van der Waals surface area contributed by atoms with Gasteiger partial charge in [0.05, 0.1) is 12.5 Å². The van der Waals surface area contributed by atoms with Crippen LogP contribution in [-0.4, -0.2) is 42.8 Å². The normalized spacial score (nSPS) is 17.6. The Kier molecular flexibility index (Phi) is 5.94. The monoisotopic (exact) mass is 269 g/mol. The van der Waals surface area contributed by atoms with Crippen molar-refractivity contribution in [3.8, 4) is 0 Å². The van der Waals surface area contributed by atoms with Gasteiger partial charge in [-0.1, -0.05) is 20.8 Å². The minimum Gasteiger partial charge on any atom is -0.343 e. The SMILES string of the molecule is CCC(C)(C)C(=O)C(CC(=O)N1CCCC1)NNC.